The van der Waals surface area contributed by atoms with Crippen molar-refractivity contribution in [3.8, 4) is 0 Å². The predicted octanol–water partition coefficient (Wildman–Crippen LogP) is 0.135. The monoisotopic (exact) mass is 228 g/mol. The molecule has 0 aliphatic carbocycles. The molecule has 1 rings (SSSR count). The van der Waals surface area contributed by atoms with Gasteiger partial charge < -0.3 is 10.5 Å². The van der Waals surface area contributed by atoms with Gasteiger partial charge in [0.2, 0.25) is 5.91 Å². The SMILES string of the molecule is CC(C)OC(=O)CN1CCC(C(N)=O)CC1. The third-order valence-electron chi connectivity index (χ3n) is 2.71. The molecule has 0 saturated carbocycles. The molecule has 0 unspecified atom stereocenters. The van der Waals surface area contributed by atoms with Crippen LogP contribution in [-0.4, -0.2) is 42.5 Å². The van der Waals surface area contributed by atoms with E-state index in [4.69, 9.17) is 10.5 Å². The first-order valence-corrected chi connectivity index (χ1v) is 5.70. The first-order valence-electron chi connectivity index (χ1n) is 5.70. The molecule has 5 nitrogen and oxygen atoms in total. The number of piperidine rings is 1. The number of carbonyl (C=O) groups is 2. The van der Waals surface area contributed by atoms with Gasteiger partial charge in [-0.3, -0.25) is 14.5 Å². The van der Waals surface area contributed by atoms with E-state index in [0.29, 0.717) is 6.54 Å². The molecule has 1 aliphatic heterocycles. The lowest BCUT2D eigenvalue weighted by atomic mass is 9.96. The molecule has 0 radical (unpaired) electrons. The van der Waals surface area contributed by atoms with Gasteiger partial charge >= 0.3 is 5.97 Å². The molecule has 1 aliphatic rings. The Balaban J connectivity index is 2.26. The Morgan fingerprint density at radius 2 is 1.94 bits per heavy atom. The van der Waals surface area contributed by atoms with E-state index in [2.05, 4.69) is 0 Å². The molecule has 2 N–H and O–H groups in total. The van der Waals surface area contributed by atoms with E-state index in [9.17, 15) is 9.59 Å². The molecular weight excluding hydrogens is 208 g/mol. The largest absolute Gasteiger partial charge is 0.462 e. The van der Waals surface area contributed by atoms with Gasteiger partial charge in [-0.2, -0.15) is 0 Å². The van der Waals surface area contributed by atoms with E-state index in [1.807, 2.05) is 18.7 Å². The van der Waals surface area contributed by atoms with Crippen LogP contribution in [-0.2, 0) is 14.3 Å². The van der Waals surface area contributed by atoms with Crippen molar-refractivity contribution in [2.75, 3.05) is 19.6 Å². The van der Waals surface area contributed by atoms with Crippen LogP contribution in [0, 0.1) is 5.92 Å². The molecule has 1 saturated heterocycles. The van der Waals surface area contributed by atoms with Crippen LogP contribution in [0.1, 0.15) is 26.7 Å². The summed E-state index contributed by atoms with van der Waals surface area (Å²) in [5, 5.41) is 0. The number of rotatable bonds is 4. The Bertz CT molecular complexity index is 258. The zero-order chi connectivity index (χ0) is 12.1. The summed E-state index contributed by atoms with van der Waals surface area (Å²) < 4.78 is 5.06. The van der Waals surface area contributed by atoms with E-state index < -0.39 is 0 Å². The standard InChI is InChI=1S/C11H20N2O3/c1-8(2)16-10(14)7-13-5-3-9(4-6-13)11(12)15/h8-9H,3-7H2,1-2H3,(H2,12,15). The highest BCUT2D eigenvalue weighted by Crippen LogP contribution is 2.16. The van der Waals surface area contributed by atoms with E-state index in [1.165, 1.54) is 0 Å². The molecule has 0 atom stereocenters. The van der Waals surface area contributed by atoms with E-state index >= 15 is 0 Å². The average Bonchev–Trinajstić information content (AvgIpc) is 2.16. The van der Waals surface area contributed by atoms with Gasteiger partial charge in [0.25, 0.3) is 0 Å². The number of esters is 1. The summed E-state index contributed by atoms with van der Waals surface area (Å²) in [5.41, 5.74) is 5.23. The first-order chi connectivity index (χ1) is 7.49. The molecule has 0 aromatic rings. The lowest BCUT2D eigenvalue weighted by molar-refractivity contribution is -0.149. The Hall–Kier alpha value is -1.10. The quantitative estimate of drug-likeness (QED) is 0.694. The first kappa shape index (κ1) is 13.0. The number of ether oxygens (including phenoxy) is 1. The Morgan fingerprint density at radius 1 is 1.38 bits per heavy atom. The van der Waals surface area contributed by atoms with Gasteiger partial charge in [0.1, 0.15) is 0 Å². The molecule has 0 bridgehead atoms. The van der Waals surface area contributed by atoms with Gasteiger partial charge in [-0.05, 0) is 39.8 Å². The molecular formula is C11H20N2O3. The number of nitrogens with zero attached hydrogens (tertiary/aromatic N) is 1. The molecule has 1 amide bonds. The van der Waals surface area contributed by atoms with Crippen LogP contribution in [0.25, 0.3) is 0 Å². The van der Waals surface area contributed by atoms with Crippen molar-refractivity contribution in [1.82, 2.24) is 4.90 Å². The molecule has 0 aromatic heterocycles. The number of hydrogen-bond donors (Lipinski definition) is 1. The lowest BCUT2D eigenvalue weighted by Gasteiger charge is -2.29. The summed E-state index contributed by atoms with van der Waals surface area (Å²) in [6.07, 6.45) is 1.41. The van der Waals surface area contributed by atoms with Crippen molar-refractivity contribution in [3.63, 3.8) is 0 Å². The number of nitrogens with two attached hydrogens (primary N) is 1. The van der Waals surface area contributed by atoms with E-state index in [0.717, 1.165) is 25.9 Å². The van der Waals surface area contributed by atoms with Gasteiger partial charge in [0.15, 0.2) is 0 Å². The minimum Gasteiger partial charge on any atom is -0.462 e. The van der Waals surface area contributed by atoms with Crippen LogP contribution in [0.2, 0.25) is 0 Å². The molecule has 5 heteroatoms. The summed E-state index contributed by atoms with van der Waals surface area (Å²) in [6.45, 7) is 5.44. The van der Waals surface area contributed by atoms with Crippen molar-refractivity contribution < 1.29 is 14.3 Å². The second-order valence-electron chi connectivity index (χ2n) is 4.49. The number of hydrogen-bond acceptors (Lipinski definition) is 4. The van der Waals surface area contributed by atoms with Crippen LogP contribution in [0.5, 0.6) is 0 Å². The fourth-order valence-electron chi connectivity index (χ4n) is 1.86. The molecule has 1 fully saturated rings. The summed E-state index contributed by atoms with van der Waals surface area (Å²) in [7, 11) is 0. The Kier molecular flexibility index (Phi) is 4.73. The maximum Gasteiger partial charge on any atom is 0.320 e. The van der Waals surface area contributed by atoms with Gasteiger partial charge in [-0.1, -0.05) is 0 Å². The molecule has 0 spiro atoms. The van der Waals surface area contributed by atoms with Gasteiger partial charge in [-0.15, -0.1) is 0 Å². The van der Waals surface area contributed by atoms with Crippen LogP contribution in [0.15, 0.2) is 0 Å². The molecule has 92 valence electrons. The maximum absolute atomic E-state index is 11.4. The van der Waals surface area contributed by atoms with Gasteiger partial charge in [0, 0.05) is 5.92 Å². The lowest BCUT2D eigenvalue weighted by Crippen LogP contribution is -2.41. The molecule has 1 heterocycles. The summed E-state index contributed by atoms with van der Waals surface area (Å²) >= 11 is 0. The van der Waals surface area contributed by atoms with Crippen LogP contribution in [0.4, 0.5) is 0 Å². The highest BCUT2D eigenvalue weighted by molar-refractivity contribution is 5.76. The van der Waals surface area contributed by atoms with Crippen molar-refractivity contribution in [1.29, 1.82) is 0 Å². The normalized spacial score (nSPS) is 18.7. The second kappa shape index (κ2) is 5.84. The van der Waals surface area contributed by atoms with Crippen molar-refractivity contribution in [2.45, 2.75) is 32.8 Å². The zero-order valence-electron chi connectivity index (χ0n) is 9.94. The van der Waals surface area contributed by atoms with Gasteiger partial charge in [0.05, 0.1) is 12.6 Å². The van der Waals surface area contributed by atoms with Gasteiger partial charge in [-0.25, -0.2) is 0 Å². The number of likely N-dealkylation sites (tertiary alicyclic amines) is 1. The third kappa shape index (κ3) is 4.18. The summed E-state index contributed by atoms with van der Waals surface area (Å²) in [6, 6.07) is 0. The fourth-order valence-corrected chi connectivity index (χ4v) is 1.86. The number of primary amides is 1. The second-order valence-corrected chi connectivity index (χ2v) is 4.49. The predicted molar refractivity (Wildman–Crippen MR) is 59.6 cm³/mol. The fraction of sp³-hybridized carbons (Fsp3) is 0.818. The topological polar surface area (TPSA) is 72.6 Å². The smallest absolute Gasteiger partial charge is 0.320 e. The van der Waals surface area contributed by atoms with Crippen molar-refractivity contribution in [2.24, 2.45) is 11.7 Å². The highest BCUT2D eigenvalue weighted by Gasteiger charge is 2.24. The number of carbonyl (C=O) groups excluding carboxylic acids is 2. The van der Waals surface area contributed by atoms with Crippen molar-refractivity contribution in [3.05, 3.63) is 0 Å². The minimum absolute atomic E-state index is 0.0302. The maximum atomic E-state index is 11.4. The third-order valence-corrected chi connectivity index (χ3v) is 2.71. The molecule has 16 heavy (non-hydrogen) atoms. The van der Waals surface area contributed by atoms with E-state index in [-0.39, 0.29) is 23.9 Å². The summed E-state index contributed by atoms with van der Waals surface area (Å²) in [4.78, 5) is 24.3. The van der Waals surface area contributed by atoms with E-state index in [1.54, 1.807) is 0 Å². The summed E-state index contributed by atoms with van der Waals surface area (Å²) in [5.74, 6) is -0.464. The average molecular weight is 228 g/mol. The van der Waals surface area contributed by atoms with Crippen LogP contribution >= 0.6 is 0 Å². The zero-order valence-corrected chi connectivity index (χ0v) is 9.94. The molecule has 0 aromatic carbocycles. The Morgan fingerprint density at radius 3 is 2.38 bits per heavy atom. The van der Waals surface area contributed by atoms with Crippen LogP contribution in [0.3, 0.4) is 0 Å². The minimum atomic E-state index is -0.232. The Labute approximate surface area is 95.9 Å². The van der Waals surface area contributed by atoms with Crippen molar-refractivity contribution >= 4 is 11.9 Å². The number of amides is 1. The highest BCUT2D eigenvalue weighted by atomic mass is 16.5. The van der Waals surface area contributed by atoms with Crippen LogP contribution < -0.4 is 5.73 Å².